The molecule has 0 radical (unpaired) electrons. The van der Waals surface area contributed by atoms with Gasteiger partial charge in [0.2, 0.25) is 11.0 Å². The van der Waals surface area contributed by atoms with E-state index in [4.69, 9.17) is 0 Å². The van der Waals surface area contributed by atoms with Gasteiger partial charge in [0, 0.05) is 19.6 Å². The van der Waals surface area contributed by atoms with E-state index in [0.29, 0.717) is 12.3 Å². The highest BCUT2D eigenvalue weighted by Gasteiger charge is 2.15. The third kappa shape index (κ3) is 5.79. The van der Waals surface area contributed by atoms with Gasteiger partial charge >= 0.3 is 0 Å². The minimum Gasteiger partial charge on any atom is -0.360 e. The maximum atomic E-state index is 12.6. The summed E-state index contributed by atoms with van der Waals surface area (Å²) >= 11 is 2.95. The SMILES string of the molecule is CCCN(Cc1ccc(C)cc1)C(=O)CSc1nnc(NCC)s1. The minimum atomic E-state index is 0.141. The zero-order chi connectivity index (χ0) is 17.4. The van der Waals surface area contributed by atoms with Crippen molar-refractivity contribution in [1.29, 1.82) is 0 Å². The average Bonchev–Trinajstić information content (AvgIpc) is 3.02. The fraction of sp³-hybridized carbons (Fsp3) is 0.471. The Bertz CT molecular complexity index is 642. The van der Waals surface area contributed by atoms with E-state index < -0.39 is 0 Å². The van der Waals surface area contributed by atoms with Crippen LogP contribution >= 0.6 is 23.1 Å². The third-order valence-corrected chi connectivity index (χ3v) is 5.39. The number of anilines is 1. The number of thioether (sulfide) groups is 1. The Morgan fingerprint density at radius 2 is 2.00 bits per heavy atom. The second-order valence-electron chi connectivity index (χ2n) is 5.49. The molecule has 0 aliphatic carbocycles. The molecule has 1 amide bonds. The number of carbonyl (C=O) groups is 1. The molecule has 2 rings (SSSR count). The van der Waals surface area contributed by atoms with Crippen LogP contribution in [0.2, 0.25) is 0 Å². The molecule has 130 valence electrons. The highest BCUT2D eigenvalue weighted by molar-refractivity contribution is 8.01. The lowest BCUT2D eigenvalue weighted by Gasteiger charge is -2.22. The summed E-state index contributed by atoms with van der Waals surface area (Å²) in [5.41, 5.74) is 2.40. The van der Waals surface area contributed by atoms with E-state index >= 15 is 0 Å². The van der Waals surface area contributed by atoms with Gasteiger partial charge in [0.05, 0.1) is 5.75 Å². The number of aromatic nitrogens is 2. The number of nitrogens with zero attached hydrogens (tertiary/aromatic N) is 3. The van der Waals surface area contributed by atoms with Crippen molar-refractivity contribution < 1.29 is 4.79 Å². The molecule has 1 aromatic heterocycles. The van der Waals surface area contributed by atoms with Crippen LogP contribution in [0.4, 0.5) is 5.13 Å². The van der Waals surface area contributed by atoms with Crippen LogP contribution in [0, 0.1) is 6.92 Å². The molecule has 1 aromatic carbocycles. The van der Waals surface area contributed by atoms with E-state index in [9.17, 15) is 4.79 Å². The van der Waals surface area contributed by atoms with Crippen molar-refractivity contribution in [3.63, 3.8) is 0 Å². The first kappa shape index (κ1) is 18.7. The van der Waals surface area contributed by atoms with E-state index in [1.165, 1.54) is 28.7 Å². The summed E-state index contributed by atoms with van der Waals surface area (Å²) < 4.78 is 0.825. The number of amides is 1. The van der Waals surface area contributed by atoms with Crippen LogP contribution in [0.15, 0.2) is 28.6 Å². The van der Waals surface area contributed by atoms with Gasteiger partial charge in [0.1, 0.15) is 0 Å². The van der Waals surface area contributed by atoms with Crippen molar-refractivity contribution >= 4 is 34.1 Å². The van der Waals surface area contributed by atoms with E-state index in [1.807, 2.05) is 11.8 Å². The van der Waals surface area contributed by atoms with Gasteiger partial charge in [-0.05, 0) is 25.8 Å². The van der Waals surface area contributed by atoms with Crippen LogP contribution in [-0.4, -0.2) is 39.8 Å². The Morgan fingerprint density at radius 1 is 1.25 bits per heavy atom. The molecule has 24 heavy (non-hydrogen) atoms. The first-order valence-corrected chi connectivity index (χ1v) is 9.96. The molecule has 0 atom stereocenters. The maximum absolute atomic E-state index is 12.6. The summed E-state index contributed by atoms with van der Waals surface area (Å²) in [7, 11) is 0. The van der Waals surface area contributed by atoms with Crippen LogP contribution in [-0.2, 0) is 11.3 Å². The Morgan fingerprint density at radius 3 is 2.67 bits per heavy atom. The molecule has 0 bridgehead atoms. The third-order valence-electron chi connectivity index (χ3n) is 3.39. The van der Waals surface area contributed by atoms with Crippen molar-refractivity contribution in [3.05, 3.63) is 35.4 Å². The van der Waals surface area contributed by atoms with Crippen LogP contribution in [0.25, 0.3) is 0 Å². The van der Waals surface area contributed by atoms with Crippen LogP contribution in [0.1, 0.15) is 31.4 Å². The normalized spacial score (nSPS) is 10.6. The molecule has 7 heteroatoms. The van der Waals surface area contributed by atoms with Gasteiger partial charge in [-0.25, -0.2) is 0 Å². The molecule has 5 nitrogen and oxygen atoms in total. The highest BCUT2D eigenvalue weighted by Crippen LogP contribution is 2.25. The largest absolute Gasteiger partial charge is 0.360 e. The lowest BCUT2D eigenvalue weighted by Crippen LogP contribution is -2.32. The van der Waals surface area contributed by atoms with Gasteiger partial charge < -0.3 is 10.2 Å². The topological polar surface area (TPSA) is 58.1 Å². The molecular weight excluding hydrogens is 340 g/mol. The summed E-state index contributed by atoms with van der Waals surface area (Å²) in [6.07, 6.45) is 0.950. The molecule has 1 heterocycles. The molecule has 0 aliphatic rings. The van der Waals surface area contributed by atoms with E-state index in [0.717, 1.165) is 34.5 Å². The van der Waals surface area contributed by atoms with Crippen molar-refractivity contribution in [2.45, 2.75) is 38.1 Å². The molecule has 1 N–H and O–H groups in total. The van der Waals surface area contributed by atoms with Crippen molar-refractivity contribution in [2.75, 3.05) is 24.2 Å². The monoisotopic (exact) mass is 364 g/mol. The molecule has 0 spiro atoms. The standard InChI is InChI=1S/C17H24N4OS2/c1-4-10-21(11-14-8-6-13(3)7-9-14)15(22)12-23-17-20-19-16(24-17)18-5-2/h6-9H,4-5,10-12H2,1-3H3,(H,18,19). The number of rotatable bonds is 9. The number of carbonyl (C=O) groups excluding carboxylic acids is 1. The van der Waals surface area contributed by atoms with Gasteiger partial charge in [-0.15, -0.1) is 10.2 Å². The van der Waals surface area contributed by atoms with Crippen LogP contribution in [0.5, 0.6) is 0 Å². The maximum Gasteiger partial charge on any atom is 0.233 e. The lowest BCUT2D eigenvalue weighted by atomic mass is 10.1. The second kappa shape index (κ2) is 9.64. The highest BCUT2D eigenvalue weighted by atomic mass is 32.2. The summed E-state index contributed by atoms with van der Waals surface area (Å²) in [5.74, 6) is 0.537. The molecule has 0 unspecified atom stereocenters. The Hall–Kier alpha value is -1.60. The van der Waals surface area contributed by atoms with Crippen LogP contribution in [0.3, 0.4) is 0 Å². The van der Waals surface area contributed by atoms with Gasteiger partial charge in [-0.1, -0.05) is 59.9 Å². The number of hydrogen-bond acceptors (Lipinski definition) is 6. The Balaban J connectivity index is 1.91. The first-order chi connectivity index (χ1) is 11.6. The minimum absolute atomic E-state index is 0.141. The number of benzene rings is 1. The first-order valence-electron chi connectivity index (χ1n) is 8.15. The Labute approximate surface area is 151 Å². The Kier molecular flexibility index (Phi) is 7.52. The smallest absolute Gasteiger partial charge is 0.233 e. The second-order valence-corrected chi connectivity index (χ2v) is 7.69. The predicted octanol–water partition coefficient (Wildman–Crippen LogP) is 3.81. The number of aryl methyl sites for hydroxylation is 1. The van der Waals surface area contributed by atoms with Crippen LogP contribution < -0.4 is 5.32 Å². The zero-order valence-electron chi connectivity index (χ0n) is 14.4. The van der Waals surface area contributed by atoms with Gasteiger partial charge in [-0.2, -0.15) is 0 Å². The van der Waals surface area contributed by atoms with E-state index in [2.05, 4.69) is 53.6 Å². The van der Waals surface area contributed by atoms with Gasteiger partial charge in [-0.3, -0.25) is 4.79 Å². The van der Waals surface area contributed by atoms with Gasteiger partial charge in [0.25, 0.3) is 0 Å². The number of nitrogens with one attached hydrogen (secondary N) is 1. The molecule has 2 aromatic rings. The summed E-state index contributed by atoms with van der Waals surface area (Å²) in [6.45, 7) is 8.43. The molecule has 0 saturated carbocycles. The quantitative estimate of drug-likeness (QED) is 0.686. The molecule has 0 fully saturated rings. The average molecular weight is 365 g/mol. The summed E-state index contributed by atoms with van der Waals surface area (Å²) in [5, 5.41) is 12.1. The summed E-state index contributed by atoms with van der Waals surface area (Å²) in [6, 6.07) is 8.35. The van der Waals surface area contributed by atoms with Crippen molar-refractivity contribution in [2.24, 2.45) is 0 Å². The van der Waals surface area contributed by atoms with E-state index in [-0.39, 0.29) is 5.91 Å². The number of hydrogen-bond donors (Lipinski definition) is 1. The predicted molar refractivity (Wildman–Crippen MR) is 102 cm³/mol. The van der Waals surface area contributed by atoms with Gasteiger partial charge in [0.15, 0.2) is 4.34 Å². The summed E-state index contributed by atoms with van der Waals surface area (Å²) in [4.78, 5) is 14.5. The molecular formula is C17H24N4OS2. The fourth-order valence-electron chi connectivity index (χ4n) is 2.18. The molecule has 0 saturated heterocycles. The lowest BCUT2D eigenvalue weighted by molar-refractivity contribution is -0.129. The van der Waals surface area contributed by atoms with Crippen molar-refractivity contribution in [1.82, 2.24) is 15.1 Å². The zero-order valence-corrected chi connectivity index (χ0v) is 16.0. The van der Waals surface area contributed by atoms with E-state index in [1.54, 1.807) is 0 Å². The van der Waals surface area contributed by atoms with Crippen molar-refractivity contribution in [3.8, 4) is 0 Å². The fourth-order valence-corrected chi connectivity index (χ4v) is 3.90. The molecule has 0 aliphatic heterocycles.